The highest BCUT2D eigenvalue weighted by Crippen LogP contribution is 2.27. The summed E-state index contributed by atoms with van der Waals surface area (Å²) in [6.45, 7) is 2.88. The van der Waals surface area contributed by atoms with Crippen molar-refractivity contribution in [2.45, 2.75) is 45.4 Å². The Morgan fingerprint density at radius 3 is 2.20 bits per heavy atom. The zero-order chi connectivity index (χ0) is 29.9. The van der Waals surface area contributed by atoms with Gasteiger partial charge < -0.3 is 19.4 Å². The van der Waals surface area contributed by atoms with E-state index < -0.39 is 83.5 Å². The number of nitrogens with one attached hydrogen (secondary N) is 1. The monoisotopic (exact) mass is 604 g/mol. The van der Waals surface area contributed by atoms with Crippen LogP contribution in [0.15, 0.2) is 35.3 Å². The number of ketones is 1. The Labute approximate surface area is 234 Å². The number of fused-ring (bicyclic) bond motifs is 1. The molecule has 1 unspecified atom stereocenters. The highest BCUT2D eigenvalue weighted by Gasteiger charge is 2.29. The van der Waals surface area contributed by atoms with Crippen LogP contribution in [0.1, 0.15) is 27.2 Å². The first-order valence-corrected chi connectivity index (χ1v) is 12.3. The Morgan fingerprint density at radius 2 is 1.60 bits per heavy atom. The van der Waals surface area contributed by atoms with E-state index in [9.17, 15) is 36.7 Å². The van der Waals surface area contributed by atoms with E-state index in [1.165, 1.54) is 24.4 Å². The molecular formula is C26H22Cl2F4N2O6. The van der Waals surface area contributed by atoms with Crippen molar-refractivity contribution in [2.24, 2.45) is 0 Å². The molecule has 0 aliphatic heterocycles. The smallest absolute Gasteiger partial charge is 0.308 e. The molecule has 3 rings (SSSR count). The molecule has 0 aliphatic carbocycles. The molecule has 0 bridgehead atoms. The fourth-order valence-electron chi connectivity index (χ4n) is 3.51. The summed E-state index contributed by atoms with van der Waals surface area (Å²) in [6, 6.07) is 2.61. The molecule has 1 N–H and O–H groups in total. The highest BCUT2D eigenvalue weighted by molar-refractivity contribution is 6.42. The third-order valence-electron chi connectivity index (χ3n) is 5.28. The predicted molar refractivity (Wildman–Crippen MR) is 137 cm³/mol. The van der Waals surface area contributed by atoms with Gasteiger partial charge in [-0.2, -0.15) is 8.78 Å². The van der Waals surface area contributed by atoms with E-state index in [1.54, 1.807) is 20.8 Å². The van der Waals surface area contributed by atoms with Gasteiger partial charge in [0.25, 0.3) is 5.56 Å². The molecule has 1 atom stereocenters. The molecule has 0 aliphatic rings. The van der Waals surface area contributed by atoms with E-state index >= 15 is 0 Å². The van der Waals surface area contributed by atoms with Crippen molar-refractivity contribution in [1.29, 1.82) is 0 Å². The maximum Gasteiger partial charge on any atom is 0.308 e. The van der Waals surface area contributed by atoms with Crippen molar-refractivity contribution < 1.29 is 41.4 Å². The lowest BCUT2D eigenvalue weighted by Crippen LogP contribution is -2.46. The number of nitrogens with zero attached hydrogens (tertiary/aromatic N) is 1. The van der Waals surface area contributed by atoms with Crippen LogP contribution in [0.25, 0.3) is 10.8 Å². The summed E-state index contributed by atoms with van der Waals surface area (Å²) in [4.78, 5) is 50.9. The number of hydrogen-bond donors (Lipinski definition) is 1. The van der Waals surface area contributed by atoms with Crippen LogP contribution in [0.2, 0.25) is 10.0 Å². The van der Waals surface area contributed by atoms with Crippen LogP contribution in [0, 0.1) is 23.3 Å². The number of rotatable bonds is 9. The number of carbonyl (C=O) groups excluding carboxylic acids is 3. The highest BCUT2D eigenvalue weighted by atomic mass is 35.5. The van der Waals surface area contributed by atoms with Crippen LogP contribution < -0.4 is 15.6 Å². The number of pyridine rings is 1. The van der Waals surface area contributed by atoms with E-state index in [0.29, 0.717) is 5.39 Å². The van der Waals surface area contributed by atoms with Crippen LogP contribution in [-0.4, -0.2) is 40.5 Å². The molecule has 8 nitrogen and oxygen atoms in total. The van der Waals surface area contributed by atoms with Crippen LogP contribution in [0.4, 0.5) is 17.6 Å². The molecule has 2 aromatic carbocycles. The van der Waals surface area contributed by atoms with Crippen molar-refractivity contribution in [3.63, 3.8) is 0 Å². The zero-order valence-corrected chi connectivity index (χ0v) is 22.8. The zero-order valence-electron chi connectivity index (χ0n) is 21.2. The Bertz CT molecular complexity index is 1530. The Kier molecular flexibility index (Phi) is 9.47. The first kappa shape index (κ1) is 30.9. The average molecular weight is 605 g/mol. The van der Waals surface area contributed by atoms with Gasteiger partial charge in [-0.15, -0.1) is 0 Å². The summed E-state index contributed by atoms with van der Waals surface area (Å²) < 4.78 is 65.7. The van der Waals surface area contributed by atoms with Gasteiger partial charge in [-0.05, 0) is 44.4 Å². The summed E-state index contributed by atoms with van der Waals surface area (Å²) in [7, 11) is 0. The molecule has 0 saturated carbocycles. The van der Waals surface area contributed by atoms with Crippen molar-refractivity contribution in [3.8, 4) is 5.75 Å². The quantitative estimate of drug-likeness (QED) is 0.215. The van der Waals surface area contributed by atoms with Gasteiger partial charge >= 0.3 is 5.97 Å². The van der Waals surface area contributed by atoms with Crippen molar-refractivity contribution >= 4 is 51.6 Å². The van der Waals surface area contributed by atoms with Gasteiger partial charge in [0.1, 0.15) is 24.8 Å². The minimum Gasteiger partial charge on any atom is -0.479 e. The van der Waals surface area contributed by atoms with Crippen LogP contribution in [0.3, 0.4) is 0 Å². The van der Waals surface area contributed by atoms with Gasteiger partial charge in [0, 0.05) is 17.6 Å². The second kappa shape index (κ2) is 12.3. The number of Topliss-reactive ketones (excluding diaryl/α,β-unsaturated/α-hetero) is 1. The molecule has 0 saturated heterocycles. The summed E-state index contributed by atoms with van der Waals surface area (Å²) in [5.41, 5.74) is -1.57. The maximum atomic E-state index is 13.9. The first-order valence-electron chi connectivity index (χ1n) is 11.5. The Balaban J connectivity index is 1.81. The molecule has 14 heteroatoms. The van der Waals surface area contributed by atoms with Crippen LogP contribution in [-0.2, 0) is 25.7 Å². The topological polar surface area (TPSA) is 104 Å². The van der Waals surface area contributed by atoms with Crippen molar-refractivity contribution in [1.82, 2.24) is 9.88 Å². The lowest BCUT2D eigenvalue weighted by atomic mass is 10.1. The minimum absolute atomic E-state index is 0.0395. The second-order valence-corrected chi connectivity index (χ2v) is 10.4. The lowest BCUT2D eigenvalue weighted by Gasteiger charge is -2.22. The van der Waals surface area contributed by atoms with Gasteiger partial charge in [-0.3, -0.25) is 19.2 Å². The number of carbonyl (C=O) groups is 3. The fourth-order valence-corrected chi connectivity index (χ4v) is 3.85. The number of amides is 1. The third-order valence-corrected chi connectivity index (χ3v) is 6.00. The molecule has 1 amide bonds. The summed E-state index contributed by atoms with van der Waals surface area (Å²) in [6.07, 6.45) is 0.570. The Morgan fingerprint density at radius 1 is 1.00 bits per heavy atom. The minimum atomic E-state index is -1.88. The standard InChI is InChI=1S/C26H22Cl2F4N2O6/c1-26(2,3)40-21(37)9-18(19(35)11-39-24-22(31)16(29)8-17(30)23(24)32)33-20(36)10-34-5-4-12-6-14(27)15(28)7-13(12)25(34)38/h4-8,18H,9-11H2,1-3H3,(H,33,36). The average Bonchev–Trinajstić information content (AvgIpc) is 2.84. The van der Waals surface area contributed by atoms with Crippen LogP contribution >= 0.6 is 23.2 Å². The molecule has 1 aromatic heterocycles. The lowest BCUT2D eigenvalue weighted by molar-refractivity contribution is -0.156. The predicted octanol–water partition coefficient (Wildman–Crippen LogP) is 4.73. The summed E-state index contributed by atoms with van der Waals surface area (Å²) in [5, 5.41) is 3.20. The molecule has 0 fully saturated rings. The maximum absolute atomic E-state index is 13.9. The van der Waals surface area contributed by atoms with Crippen LogP contribution in [0.5, 0.6) is 5.75 Å². The number of esters is 1. The molecule has 1 heterocycles. The van der Waals surface area contributed by atoms with Gasteiger partial charge in [0.2, 0.25) is 17.5 Å². The van der Waals surface area contributed by atoms with E-state index in [2.05, 4.69) is 10.1 Å². The summed E-state index contributed by atoms with van der Waals surface area (Å²) in [5.74, 6) is -11.7. The molecule has 0 radical (unpaired) electrons. The Hall–Kier alpha value is -3.64. The van der Waals surface area contributed by atoms with E-state index in [4.69, 9.17) is 27.9 Å². The number of halogens is 6. The van der Waals surface area contributed by atoms with Gasteiger partial charge in [0.05, 0.1) is 16.5 Å². The summed E-state index contributed by atoms with van der Waals surface area (Å²) >= 11 is 12.0. The molecule has 40 heavy (non-hydrogen) atoms. The molecule has 214 valence electrons. The number of hydrogen-bond acceptors (Lipinski definition) is 6. The third kappa shape index (κ3) is 7.51. The first-order chi connectivity index (χ1) is 18.6. The van der Waals surface area contributed by atoms with E-state index in [1.807, 2.05) is 0 Å². The van der Waals surface area contributed by atoms with Crippen molar-refractivity contribution in [2.75, 3.05) is 6.61 Å². The van der Waals surface area contributed by atoms with E-state index in [0.717, 1.165) is 4.57 Å². The van der Waals surface area contributed by atoms with Gasteiger partial charge in [0.15, 0.2) is 23.2 Å². The SMILES string of the molecule is CC(C)(C)OC(=O)CC(NC(=O)Cn1ccc2cc(Cl)c(Cl)cc2c1=O)C(=O)COc1c(F)c(F)cc(F)c1F. The van der Waals surface area contributed by atoms with Crippen molar-refractivity contribution in [3.05, 3.63) is 74.1 Å². The number of benzene rings is 2. The van der Waals surface area contributed by atoms with Gasteiger partial charge in [-0.25, -0.2) is 8.78 Å². The van der Waals surface area contributed by atoms with Gasteiger partial charge in [-0.1, -0.05) is 23.2 Å². The molecular weight excluding hydrogens is 583 g/mol. The second-order valence-electron chi connectivity index (χ2n) is 9.57. The number of aromatic nitrogens is 1. The molecule has 0 spiro atoms. The fraction of sp³-hybridized carbons (Fsp3) is 0.308. The number of ether oxygens (including phenoxy) is 2. The van der Waals surface area contributed by atoms with E-state index in [-0.39, 0.29) is 21.5 Å². The molecule has 3 aromatic rings. The largest absolute Gasteiger partial charge is 0.479 e. The normalized spacial score (nSPS) is 12.2.